The third-order valence-corrected chi connectivity index (χ3v) is 4.52. The molecule has 0 saturated heterocycles. The largest absolute Gasteiger partial charge is 0.482 e. The van der Waals surface area contributed by atoms with E-state index in [1.54, 1.807) is 13.0 Å². The van der Waals surface area contributed by atoms with Crippen molar-refractivity contribution < 1.29 is 22.7 Å². The Hall–Kier alpha value is -3.14. The van der Waals surface area contributed by atoms with E-state index in [1.807, 2.05) is 0 Å². The second-order valence-electron chi connectivity index (χ2n) is 6.41. The average Bonchev–Trinajstić information content (AvgIpc) is 2.65. The van der Waals surface area contributed by atoms with Crippen LogP contribution in [0.15, 0.2) is 41.2 Å². The van der Waals surface area contributed by atoms with Gasteiger partial charge >= 0.3 is 6.18 Å². The van der Waals surface area contributed by atoms with Gasteiger partial charge in [0.05, 0.1) is 16.6 Å². The van der Waals surface area contributed by atoms with Gasteiger partial charge in [-0.1, -0.05) is 6.07 Å². The number of anilines is 1. The number of nitrogens with one attached hydrogen (secondary N) is 2. The number of aromatic amines is 1. The molecule has 2 aromatic carbocycles. The summed E-state index contributed by atoms with van der Waals surface area (Å²) in [4.78, 5) is 27.7. The van der Waals surface area contributed by atoms with Crippen molar-refractivity contribution in [1.82, 2.24) is 9.55 Å². The Morgan fingerprint density at radius 3 is 2.66 bits per heavy atom. The van der Waals surface area contributed by atoms with Gasteiger partial charge in [-0.15, -0.1) is 0 Å². The predicted octanol–water partition coefficient (Wildman–Crippen LogP) is 4.10. The van der Waals surface area contributed by atoms with Crippen LogP contribution in [0.5, 0.6) is 5.75 Å². The first-order valence-electron chi connectivity index (χ1n) is 8.40. The van der Waals surface area contributed by atoms with E-state index in [9.17, 15) is 22.8 Å². The zero-order valence-corrected chi connectivity index (χ0v) is 16.2. The lowest BCUT2D eigenvalue weighted by Gasteiger charge is -2.15. The summed E-state index contributed by atoms with van der Waals surface area (Å²) in [5.41, 5.74) is 1.04. The number of carbonyl (C=O) groups excluding carboxylic acids is 1. The molecule has 1 heterocycles. The van der Waals surface area contributed by atoms with Gasteiger partial charge in [-0.2, -0.15) is 13.2 Å². The monoisotopic (exact) mass is 423 g/mol. The molecule has 0 bridgehead atoms. The number of aryl methyl sites for hydroxylation is 1. The minimum Gasteiger partial charge on any atom is -0.482 e. The zero-order chi connectivity index (χ0) is 21.3. The minimum atomic E-state index is -4.51. The summed E-state index contributed by atoms with van der Waals surface area (Å²) in [6.45, 7) is 0.216. The van der Waals surface area contributed by atoms with Gasteiger partial charge in [-0.3, -0.25) is 14.2 Å². The number of carbonyl (C=O) groups is 1. The van der Waals surface area contributed by atoms with Crippen LogP contribution in [-0.4, -0.2) is 28.2 Å². The number of nitrogens with zero attached hydrogens (tertiary/aromatic N) is 1. The Kier molecular flexibility index (Phi) is 5.47. The van der Waals surface area contributed by atoms with Crippen LogP contribution in [0.4, 0.5) is 18.9 Å². The van der Waals surface area contributed by atoms with Crippen molar-refractivity contribution in [3.05, 3.63) is 62.6 Å². The molecule has 3 aromatic rings. The number of halogens is 3. The van der Waals surface area contributed by atoms with Crippen LogP contribution in [0.3, 0.4) is 0 Å². The summed E-state index contributed by atoms with van der Waals surface area (Å²) in [6, 6.07) is 8.88. The van der Waals surface area contributed by atoms with Crippen molar-refractivity contribution in [1.29, 1.82) is 0 Å². The predicted molar refractivity (Wildman–Crippen MR) is 105 cm³/mol. The fourth-order valence-electron chi connectivity index (χ4n) is 2.65. The average molecular weight is 423 g/mol. The summed E-state index contributed by atoms with van der Waals surface area (Å²) in [5.74, 6) is -0.669. The van der Waals surface area contributed by atoms with E-state index in [0.29, 0.717) is 16.5 Å². The summed E-state index contributed by atoms with van der Waals surface area (Å²) >= 11 is 5.07. The van der Waals surface area contributed by atoms with E-state index in [4.69, 9.17) is 17.0 Å². The van der Waals surface area contributed by atoms with Gasteiger partial charge in [-0.25, -0.2) is 0 Å². The number of aromatic nitrogens is 2. The molecule has 0 atom stereocenters. The Labute approximate surface area is 167 Å². The molecular weight excluding hydrogens is 407 g/mol. The SMILES string of the molecule is Cc1ccc(NC(=O)c2ccc3c(=O)n(C)c(=S)[nH]c3c2)c(OCC(F)(F)F)c1. The van der Waals surface area contributed by atoms with Crippen LogP contribution in [0, 0.1) is 11.7 Å². The maximum absolute atomic E-state index is 12.6. The highest BCUT2D eigenvalue weighted by molar-refractivity contribution is 7.71. The number of benzene rings is 2. The smallest absolute Gasteiger partial charge is 0.422 e. The summed E-state index contributed by atoms with van der Waals surface area (Å²) in [6.07, 6.45) is -4.51. The fourth-order valence-corrected chi connectivity index (χ4v) is 2.85. The molecule has 2 N–H and O–H groups in total. The van der Waals surface area contributed by atoms with Gasteiger partial charge in [0.15, 0.2) is 11.4 Å². The molecule has 29 heavy (non-hydrogen) atoms. The van der Waals surface area contributed by atoms with Gasteiger partial charge in [0.1, 0.15) is 5.75 Å². The number of alkyl halides is 3. The van der Waals surface area contributed by atoms with Gasteiger partial charge < -0.3 is 15.0 Å². The van der Waals surface area contributed by atoms with Crippen LogP contribution in [0.25, 0.3) is 10.9 Å². The van der Waals surface area contributed by atoms with Crippen molar-refractivity contribution >= 4 is 34.7 Å². The lowest BCUT2D eigenvalue weighted by atomic mass is 10.1. The van der Waals surface area contributed by atoms with E-state index in [-0.39, 0.29) is 27.3 Å². The molecule has 0 aliphatic rings. The number of amides is 1. The van der Waals surface area contributed by atoms with E-state index in [1.165, 1.54) is 41.9 Å². The summed E-state index contributed by atoms with van der Waals surface area (Å²) in [7, 11) is 1.53. The first-order valence-corrected chi connectivity index (χ1v) is 8.80. The molecule has 1 aromatic heterocycles. The molecule has 0 unspecified atom stereocenters. The van der Waals surface area contributed by atoms with E-state index in [2.05, 4.69) is 10.3 Å². The van der Waals surface area contributed by atoms with Crippen molar-refractivity contribution in [2.75, 3.05) is 11.9 Å². The van der Waals surface area contributed by atoms with E-state index >= 15 is 0 Å². The zero-order valence-electron chi connectivity index (χ0n) is 15.4. The first-order chi connectivity index (χ1) is 13.5. The molecule has 10 heteroatoms. The third-order valence-electron chi connectivity index (χ3n) is 4.14. The van der Waals surface area contributed by atoms with Gasteiger partial charge in [-0.05, 0) is 55.0 Å². The Morgan fingerprint density at radius 1 is 1.24 bits per heavy atom. The Bertz CT molecular complexity index is 1220. The second kappa shape index (κ2) is 7.70. The van der Waals surface area contributed by atoms with Crippen LogP contribution in [0.1, 0.15) is 15.9 Å². The van der Waals surface area contributed by atoms with Crippen LogP contribution >= 0.6 is 12.2 Å². The Morgan fingerprint density at radius 2 is 1.97 bits per heavy atom. The lowest BCUT2D eigenvalue weighted by Crippen LogP contribution is -2.21. The quantitative estimate of drug-likeness (QED) is 0.620. The lowest BCUT2D eigenvalue weighted by molar-refractivity contribution is -0.153. The standard InChI is InChI=1S/C19H16F3N3O3S/c1-10-3-6-13(15(7-10)28-9-19(20,21)22)23-16(26)11-4-5-12-14(8-11)24-18(29)25(2)17(12)27/h3-8H,9H2,1-2H3,(H,23,26)(H,24,29). The third kappa shape index (κ3) is 4.65. The van der Waals surface area contributed by atoms with Gasteiger partial charge in [0, 0.05) is 12.6 Å². The molecule has 3 rings (SSSR count). The number of rotatable bonds is 4. The highest BCUT2D eigenvalue weighted by atomic mass is 32.1. The molecule has 0 aliphatic carbocycles. The number of hydrogen-bond donors (Lipinski definition) is 2. The molecule has 0 radical (unpaired) electrons. The van der Waals surface area contributed by atoms with Gasteiger partial charge in [0.2, 0.25) is 0 Å². The molecular formula is C19H16F3N3O3S. The van der Waals surface area contributed by atoms with Crippen molar-refractivity contribution in [2.24, 2.45) is 7.05 Å². The summed E-state index contributed by atoms with van der Waals surface area (Å²) in [5, 5.41) is 2.89. The van der Waals surface area contributed by atoms with Gasteiger partial charge in [0.25, 0.3) is 11.5 Å². The van der Waals surface area contributed by atoms with E-state index < -0.39 is 18.7 Å². The maximum atomic E-state index is 12.6. The molecule has 6 nitrogen and oxygen atoms in total. The molecule has 0 spiro atoms. The fraction of sp³-hybridized carbons (Fsp3) is 0.211. The highest BCUT2D eigenvalue weighted by Crippen LogP contribution is 2.28. The molecule has 1 amide bonds. The Balaban J connectivity index is 1.91. The summed E-state index contributed by atoms with van der Waals surface area (Å²) < 4.78 is 43.8. The highest BCUT2D eigenvalue weighted by Gasteiger charge is 2.29. The normalized spacial score (nSPS) is 11.5. The van der Waals surface area contributed by atoms with Crippen LogP contribution < -0.4 is 15.6 Å². The second-order valence-corrected chi connectivity index (χ2v) is 6.80. The topological polar surface area (TPSA) is 76.1 Å². The molecule has 0 saturated carbocycles. The van der Waals surface area contributed by atoms with Crippen LogP contribution in [-0.2, 0) is 7.05 Å². The molecule has 0 aliphatic heterocycles. The van der Waals surface area contributed by atoms with Crippen molar-refractivity contribution in [2.45, 2.75) is 13.1 Å². The number of hydrogen-bond acceptors (Lipinski definition) is 4. The van der Waals surface area contributed by atoms with Crippen molar-refractivity contribution in [3.8, 4) is 5.75 Å². The van der Waals surface area contributed by atoms with E-state index in [0.717, 1.165) is 0 Å². The first kappa shape index (κ1) is 20.6. The van der Waals surface area contributed by atoms with Crippen LogP contribution in [0.2, 0.25) is 0 Å². The molecule has 152 valence electrons. The maximum Gasteiger partial charge on any atom is 0.422 e. The van der Waals surface area contributed by atoms with Crippen molar-refractivity contribution in [3.63, 3.8) is 0 Å². The number of ether oxygens (including phenoxy) is 1. The number of H-pyrrole nitrogens is 1. The number of fused-ring (bicyclic) bond motifs is 1. The molecule has 0 fully saturated rings. The minimum absolute atomic E-state index is 0.0928.